The lowest BCUT2D eigenvalue weighted by molar-refractivity contribution is 0.0693. The van der Waals surface area contributed by atoms with Crippen molar-refractivity contribution in [3.8, 4) is 11.6 Å². The maximum absolute atomic E-state index is 11.2. The van der Waals surface area contributed by atoms with Crippen LogP contribution >= 0.6 is 0 Å². The highest BCUT2D eigenvalue weighted by atomic mass is 16.4. The Bertz CT molecular complexity index is 783. The van der Waals surface area contributed by atoms with E-state index in [9.17, 15) is 9.90 Å². The van der Waals surface area contributed by atoms with Crippen LogP contribution in [-0.2, 0) is 0 Å². The zero-order chi connectivity index (χ0) is 13.6. The maximum Gasteiger partial charge on any atom is 0.356 e. The molecule has 3 rings (SSSR count). The molecule has 0 aliphatic carbocycles. The Labute approximate surface area is 109 Å². The Balaban J connectivity index is 2.35. The lowest BCUT2D eigenvalue weighted by Crippen LogP contribution is -1.97. The number of hydrogen-bond acceptors (Lipinski definition) is 3. The molecule has 3 aromatic heterocycles. The highest BCUT2D eigenvalue weighted by Crippen LogP contribution is 2.25. The molecule has 19 heavy (non-hydrogen) atoms. The summed E-state index contributed by atoms with van der Waals surface area (Å²) in [6.45, 7) is 3.78. The zero-order valence-corrected chi connectivity index (χ0v) is 10.5. The first-order valence-corrected chi connectivity index (χ1v) is 5.85. The molecule has 0 atom stereocenters. The van der Waals surface area contributed by atoms with E-state index in [2.05, 4.69) is 4.98 Å². The second-order valence-corrected chi connectivity index (χ2v) is 4.46. The van der Waals surface area contributed by atoms with Crippen molar-refractivity contribution in [2.75, 3.05) is 0 Å². The third kappa shape index (κ3) is 1.79. The fourth-order valence-corrected chi connectivity index (χ4v) is 2.08. The number of carboxylic acid groups (broad SMARTS) is 1. The van der Waals surface area contributed by atoms with Gasteiger partial charge in [0.1, 0.15) is 5.76 Å². The number of fused-ring (bicyclic) bond motifs is 1. The minimum Gasteiger partial charge on any atom is -0.476 e. The number of aryl methyl sites for hydroxylation is 2. The number of aromatic carboxylic acids is 1. The number of carbonyl (C=O) groups is 1. The van der Waals surface area contributed by atoms with E-state index in [0.717, 1.165) is 11.3 Å². The van der Waals surface area contributed by atoms with E-state index in [-0.39, 0.29) is 5.69 Å². The molecule has 0 radical (unpaired) electrons. The minimum atomic E-state index is -1.05. The second kappa shape index (κ2) is 3.98. The van der Waals surface area contributed by atoms with Crippen molar-refractivity contribution in [3.05, 3.63) is 47.5 Å². The van der Waals surface area contributed by atoms with Gasteiger partial charge in [-0.25, -0.2) is 9.78 Å². The molecule has 0 spiro atoms. The van der Waals surface area contributed by atoms with Crippen molar-refractivity contribution in [2.24, 2.45) is 0 Å². The summed E-state index contributed by atoms with van der Waals surface area (Å²) in [6.07, 6.45) is 1.85. The number of aromatic nitrogens is 2. The Morgan fingerprint density at radius 1 is 1.26 bits per heavy atom. The monoisotopic (exact) mass is 256 g/mol. The van der Waals surface area contributed by atoms with Gasteiger partial charge in [-0.1, -0.05) is 6.07 Å². The molecule has 0 aliphatic rings. The highest BCUT2D eigenvalue weighted by molar-refractivity contribution is 5.94. The molecule has 3 heterocycles. The average molecular weight is 256 g/mol. The number of nitrogens with zero attached hydrogens (tertiary/aromatic N) is 2. The molecule has 0 fully saturated rings. The Hall–Kier alpha value is -2.56. The van der Waals surface area contributed by atoms with Gasteiger partial charge < -0.3 is 9.52 Å². The van der Waals surface area contributed by atoms with Gasteiger partial charge in [-0.15, -0.1) is 0 Å². The molecule has 0 unspecified atom stereocenters. The Morgan fingerprint density at radius 2 is 2.05 bits per heavy atom. The summed E-state index contributed by atoms with van der Waals surface area (Å²) < 4.78 is 7.28. The second-order valence-electron chi connectivity index (χ2n) is 4.46. The highest BCUT2D eigenvalue weighted by Gasteiger charge is 2.19. The van der Waals surface area contributed by atoms with Crippen LogP contribution < -0.4 is 0 Å². The van der Waals surface area contributed by atoms with E-state index >= 15 is 0 Å². The number of pyridine rings is 1. The van der Waals surface area contributed by atoms with Crippen molar-refractivity contribution in [3.63, 3.8) is 0 Å². The number of furan rings is 1. The molecule has 0 amide bonds. The zero-order valence-electron chi connectivity index (χ0n) is 10.5. The molecule has 0 saturated heterocycles. The quantitative estimate of drug-likeness (QED) is 0.765. The lowest BCUT2D eigenvalue weighted by Gasteiger charge is -1.99. The first-order chi connectivity index (χ1) is 9.06. The van der Waals surface area contributed by atoms with Crippen LogP contribution in [0.3, 0.4) is 0 Å². The van der Waals surface area contributed by atoms with Crippen molar-refractivity contribution < 1.29 is 14.3 Å². The summed E-state index contributed by atoms with van der Waals surface area (Å²) in [5, 5.41) is 9.21. The Morgan fingerprint density at radius 3 is 2.68 bits per heavy atom. The van der Waals surface area contributed by atoms with Gasteiger partial charge in [-0.05, 0) is 37.6 Å². The van der Waals surface area contributed by atoms with E-state index in [0.29, 0.717) is 17.1 Å². The van der Waals surface area contributed by atoms with Crippen LogP contribution in [0.5, 0.6) is 0 Å². The van der Waals surface area contributed by atoms with Gasteiger partial charge in [0.25, 0.3) is 0 Å². The van der Waals surface area contributed by atoms with Crippen molar-refractivity contribution in [1.29, 1.82) is 0 Å². The van der Waals surface area contributed by atoms with Crippen LogP contribution in [0.2, 0.25) is 0 Å². The van der Waals surface area contributed by atoms with Crippen LogP contribution in [0.4, 0.5) is 0 Å². The van der Waals surface area contributed by atoms with Gasteiger partial charge in [-0.3, -0.25) is 4.40 Å². The van der Waals surface area contributed by atoms with Crippen LogP contribution in [0.1, 0.15) is 21.8 Å². The minimum absolute atomic E-state index is 0.0315. The van der Waals surface area contributed by atoms with Gasteiger partial charge in [0, 0.05) is 6.20 Å². The molecule has 3 aromatic rings. The predicted octanol–water partition coefficient (Wildman–Crippen LogP) is 2.91. The molecular formula is C14H12N2O3. The Kier molecular flexibility index (Phi) is 2.41. The van der Waals surface area contributed by atoms with Gasteiger partial charge in [0.15, 0.2) is 17.3 Å². The van der Waals surface area contributed by atoms with Crippen LogP contribution in [-0.4, -0.2) is 20.5 Å². The summed E-state index contributed by atoms with van der Waals surface area (Å²) in [7, 11) is 0. The summed E-state index contributed by atoms with van der Waals surface area (Å²) in [5.74, 6) is 0.780. The lowest BCUT2D eigenvalue weighted by atomic mass is 10.2. The summed E-state index contributed by atoms with van der Waals surface area (Å²) in [5.41, 5.74) is 1.61. The number of carboxylic acids is 1. The molecular weight excluding hydrogens is 244 g/mol. The maximum atomic E-state index is 11.2. The smallest absolute Gasteiger partial charge is 0.356 e. The first kappa shape index (κ1) is 11.5. The largest absolute Gasteiger partial charge is 0.476 e. The molecule has 5 nitrogen and oxygen atoms in total. The predicted molar refractivity (Wildman–Crippen MR) is 69.3 cm³/mol. The van der Waals surface area contributed by atoms with Crippen molar-refractivity contribution in [1.82, 2.24) is 9.38 Å². The SMILES string of the molecule is Cc1ccc2c(C(=O)O)nc(-c3ccc(C)o3)n2c1. The van der Waals surface area contributed by atoms with Crippen LogP contribution in [0, 0.1) is 13.8 Å². The molecule has 96 valence electrons. The van der Waals surface area contributed by atoms with E-state index in [1.807, 2.05) is 32.2 Å². The van der Waals surface area contributed by atoms with E-state index in [1.54, 1.807) is 16.5 Å². The van der Waals surface area contributed by atoms with Crippen LogP contribution in [0.15, 0.2) is 34.9 Å². The third-order valence-corrected chi connectivity index (χ3v) is 2.95. The topological polar surface area (TPSA) is 67.7 Å². The number of hydrogen-bond donors (Lipinski definition) is 1. The van der Waals surface area contributed by atoms with E-state index in [4.69, 9.17) is 4.42 Å². The average Bonchev–Trinajstić information content (AvgIpc) is 2.92. The summed E-state index contributed by atoms with van der Waals surface area (Å²) >= 11 is 0. The van der Waals surface area contributed by atoms with Gasteiger partial charge >= 0.3 is 5.97 Å². The number of imidazole rings is 1. The number of rotatable bonds is 2. The normalized spacial score (nSPS) is 11.1. The van der Waals surface area contributed by atoms with Gasteiger partial charge in [0.2, 0.25) is 0 Å². The summed E-state index contributed by atoms with van der Waals surface area (Å²) in [4.78, 5) is 15.4. The van der Waals surface area contributed by atoms with E-state index < -0.39 is 5.97 Å². The third-order valence-electron chi connectivity index (χ3n) is 2.95. The van der Waals surface area contributed by atoms with Crippen LogP contribution in [0.25, 0.3) is 17.1 Å². The molecule has 1 N–H and O–H groups in total. The molecule has 0 aromatic carbocycles. The van der Waals surface area contributed by atoms with Crippen molar-refractivity contribution in [2.45, 2.75) is 13.8 Å². The fourth-order valence-electron chi connectivity index (χ4n) is 2.08. The molecule has 0 saturated carbocycles. The summed E-state index contributed by atoms with van der Waals surface area (Å²) in [6, 6.07) is 7.23. The van der Waals surface area contributed by atoms with Crippen molar-refractivity contribution >= 4 is 11.5 Å². The fraction of sp³-hybridized carbons (Fsp3) is 0.143. The standard InChI is InChI=1S/C14H12N2O3/c1-8-3-5-10-12(14(17)18)15-13(16(10)7-8)11-6-4-9(2)19-11/h3-7H,1-2H3,(H,17,18). The van der Waals surface area contributed by atoms with Gasteiger partial charge in [0.05, 0.1) is 5.52 Å². The van der Waals surface area contributed by atoms with E-state index in [1.165, 1.54) is 0 Å². The molecule has 5 heteroatoms. The van der Waals surface area contributed by atoms with Gasteiger partial charge in [-0.2, -0.15) is 0 Å². The molecule has 0 bridgehead atoms. The first-order valence-electron chi connectivity index (χ1n) is 5.85. The molecule has 0 aliphatic heterocycles.